The summed E-state index contributed by atoms with van der Waals surface area (Å²) in [6.45, 7) is 4.13. The summed E-state index contributed by atoms with van der Waals surface area (Å²) >= 11 is 0. The number of sulfone groups is 1. The van der Waals surface area contributed by atoms with Crippen LogP contribution in [0.1, 0.15) is 57.6 Å². The first-order chi connectivity index (χ1) is 16.0. The van der Waals surface area contributed by atoms with Crippen LogP contribution in [0.15, 0.2) is 53.4 Å². The molecule has 2 aromatic carbocycles. The lowest BCUT2D eigenvalue weighted by Gasteiger charge is -2.43. The second-order valence-corrected chi connectivity index (χ2v) is 12.5. The largest absolute Gasteiger partial charge is 0.487 e. The van der Waals surface area contributed by atoms with Gasteiger partial charge < -0.3 is 10.1 Å². The Bertz CT molecular complexity index is 1220. The zero-order valence-corrected chi connectivity index (χ0v) is 21.3. The number of carbonyl (C=O) groups excluding carboxylic acids is 1. The van der Waals surface area contributed by atoms with Gasteiger partial charge in [0.15, 0.2) is 9.84 Å². The van der Waals surface area contributed by atoms with Crippen LogP contribution in [0.2, 0.25) is 0 Å². The highest BCUT2D eigenvalue weighted by atomic mass is 32.2. The van der Waals surface area contributed by atoms with Crippen molar-refractivity contribution in [3.05, 3.63) is 54.1 Å². The van der Waals surface area contributed by atoms with Gasteiger partial charge in [-0.15, -0.1) is 0 Å². The van der Waals surface area contributed by atoms with Crippen LogP contribution in [0.3, 0.4) is 0 Å². The van der Waals surface area contributed by atoms with E-state index >= 15 is 0 Å². The molecule has 0 saturated carbocycles. The van der Waals surface area contributed by atoms with Crippen LogP contribution in [-0.4, -0.2) is 40.4 Å². The van der Waals surface area contributed by atoms with Crippen molar-refractivity contribution in [2.75, 3.05) is 16.7 Å². The summed E-state index contributed by atoms with van der Waals surface area (Å²) in [6, 6.07) is 12.3. The van der Waals surface area contributed by atoms with Crippen molar-refractivity contribution in [2.45, 2.75) is 62.5 Å². The number of benzene rings is 2. The van der Waals surface area contributed by atoms with Crippen molar-refractivity contribution < 1.29 is 26.4 Å². The average molecular weight is 509 g/mol. The molecule has 1 heterocycles. The van der Waals surface area contributed by atoms with Crippen molar-refractivity contribution in [2.24, 2.45) is 0 Å². The molecule has 10 heteroatoms. The smallest absolute Gasteiger partial charge is 0.236 e. The quantitative estimate of drug-likeness (QED) is 0.504. The molecule has 1 atom stereocenters. The topological polar surface area (TPSA) is 119 Å². The summed E-state index contributed by atoms with van der Waals surface area (Å²) in [7, 11) is -7.30. The first-order valence-electron chi connectivity index (χ1n) is 11.3. The lowest BCUT2D eigenvalue weighted by atomic mass is 9.81. The molecule has 186 valence electrons. The molecule has 0 saturated heterocycles. The molecular weight excluding hydrogens is 476 g/mol. The molecule has 0 spiro atoms. The van der Waals surface area contributed by atoms with Gasteiger partial charge in [0.05, 0.1) is 17.2 Å². The van der Waals surface area contributed by atoms with E-state index in [0.717, 1.165) is 31.9 Å². The molecule has 2 N–H and O–H groups in total. The molecule has 1 unspecified atom stereocenters. The number of ether oxygens (including phenoxy) is 1. The Labute approximate surface area is 202 Å². The summed E-state index contributed by atoms with van der Waals surface area (Å²) in [5.41, 5.74) is 0.458. The van der Waals surface area contributed by atoms with Crippen LogP contribution >= 0.6 is 0 Å². The molecule has 0 bridgehead atoms. The Morgan fingerprint density at radius 2 is 1.68 bits per heavy atom. The summed E-state index contributed by atoms with van der Waals surface area (Å²) in [6.07, 6.45) is 4.83. The van der Waals surface area contributed by atoms with E-state index in [0.29, 0.717) is 23.4 Å². The second kappa shape index (κ2) is 10.4. The molecule has 3 rings (SSSR count). The van der Waals surface area contributed by atoms with Crippen LogP contribution in [0, 0.1) is 0 Å². The molecular formula is C24H32N2O6S2. The van der Waals surface area contributed by atoms with Gasteiger partial charge in [0.1, 0.15) is 17.1 Å². The predicted molar refractivity (Wildman–Crippen MR) is 132 cm³/mol. The van der Waals surface area contributed by atoms with E-state index in [-0.39, 0.29) is 4.90 Å². The number of nitrogens with one attached hydrogen (secondary N) is 2. The van der Waals surface area contributed by atoms with Gasteiger partial charge in [-0.1, -0.05) is 44.9 Å². The van der Waals surface area contributed by atoms with E-state index < -0.39 is 43.2 Å². The Hall–Kier alpha value is -2.59. The van der Waals surface area contributed by atoms with E-state index in [9.17, 15) is 21.6 Å². The Morgan fingerprint density at radius 1 is 1.03 bits per heavy atom. The van der Waals surface area contributed by atoms with Crippen LogP contribution in [0.25, 0.3) is 0 Å². The number of rotatable bonds is 10. The Morgan fingerprint density at radius 3 is 2.26 bits per heavy atom. The van der Waals surface area contributed by atoms with Crippen molar-refractivity contribution >= 4 is 31.5 Å². The standard InChI is InChI=1S/C24H32N2O6S2/c1-4-13-24(14-5-2)16-21(20-15-18(26-33(3,28)29)11-12-22(20)32-24)25-23(27)17-34(30,31)19-9-7-6-8-10-19/h6-12,15,21,26H,4-5,13-14,16-17H2,1-3H3,(H,25,27). The fraction of sp³-hybridized carbons (Fsp3) is 0.458. The van der Waals surface area contributed by atoms with Gasteiger partial charge in [-0.05, 0) is 43.2 Å². The van der Waals surface area contributed by atoms with Gasteiger partial charge in [0, 0.05) is 17.7 Å². The zero-order chi connectivity index (χ0) is 25.0. The molecule has 0 aliphatic carbocycles. The van der Waals surface area contributed by atoms with E-state index in [1.807, 2.05) is 0 Å². The fourth-order valence-corrected chi connectivity index (χ4v) is 6.26. The predicted octanol–water partition coefficient (Wildman–Crippen LogP) is 3.81. The number of fused-ring (bicyclic) bond motifs is 1. The first-order valence-corrected chi connectivity index (χ1v) is 14.9. The van der Waals surface area contributed by atoms with Crippen molar-refractivity contribution in [3.8, 4) is 5.75 Å². The van der Waals surface area contributed by atoms with Gasteiger partial charge >= 0.3 is 0 Å². The number of carbonyl (C=O) groups is 1. The number of hydrogen-bond acceptors (Lipinski definition) is 6. The third-order valence-corrected chi connectivity index (χ3v) is 8.00. The highest BCUT2D eigenvalue weighted by Gasteiger charge is 2.40. The number of sulfonamides is 1. The number of anilines is 1. The normalized spacial score (nSPS) is 17.3. The second-order valence-electron chi connectivity index (χ2n) is 8.81. The van der Waals surface area contributed by atoms with Crippen LogP contribution < -0.4 is 14.8 Å². The van der Waals surface area contributed by atoms with Crippen LogP contribution in [0.5, 0.6) is 5.75 Å². The third-order valence-electron chi connectivity index (χ3n) is 5.76. The Balaban J connectivity index is 1.93. The molecule has 0 fully saturated rings. The first kappa shape index (κ1) is 26.0. The molecule has 1 aliphatic rings. The molecule has 2 aromatic rings. The summed E-state index contributed by atoms with van der Waals surface area (Å²) in [5.74, 6) is -0.743. The van der Waals surface area contributed by atoms with E-state index in [4.69, 9.17) is 4.74 Å². The lowest BCUT2D eigenvalue weighted by Crippen LogP contribution is -2.46. The van der Waals surface area contributed by atoms with E-state index in [2.05, 4.69) is 23.9 Å². The third kappa shape index (κ3) is 6.50. The van der Waals surface area contributed by atoms with Crippen molar-refractivity contribution in [1.82, 2.24) is 5.32 Å². The van der Waals surface area contributed by atoms with Gasteiger partial charge in [-0.2, -0.15) is 0 Å². The number of amides is 1. The molecule has 0 radical (unpaired) electrons. The maximum Gasteiger partial charge on any atom is 0.236 e. The minimum Gasteiger partial charge on any atom is -0.487 e. The van der Waals surface area contributed by atoms with E-state index in [1.165, 1.54) is 12.1 Å². The molecule has 1 amide bonds. The average Bonchev–Trinajstić information content (AvgIpc) is 2.74. The van der Waals surface area contributed by atoms with Gasteiger partial charge in [-0.3, -0.25) is 9.52 Å². The molecule has 34 heavy (non-hydrogen) atoms. The van der Waals surface area contributed by atoms with Gasteiger partial charge in [0.25, 0.3) is 0 Å². The minimum atomic E-state index is -3.80. The lowest BCUT2D eigenvalue weighted by molar-refractivity contribution is -0.120. The minimum absolute atomic E-state index is 0.0866. The highest BCUT2D eigenvalue weighted by molar-refractivity contribution is 7.92. The zero-order valence-electron chi connectivity index (χ0n) is 19.7. The molecule has 8 nitrogen and oxygen atoms in total. The maximum absolute atomic E-state index is 12.9. The SMILES string of the molecule is CCCC1(CCC)CC(NC(=O)CS(=O)(=O)c2ccccc2)c2cc(NS(C)(=O)=O)ccc2O1. The van der Waals surface area contributed by atoms with Crippen molar-refractivity contribution in [3.63, 3.8) is 0 Å². The highest BCUT2D eigenvalue weighted by Crippen LogP contribution is 2.45. The van der Waals surface area contributed by atoms with Crippen LogP contribution in [-0.2, 0) is 24.7 Å². The summed E-state index contributed by atoms with van der Waals surface area (Å²) in [5, 5.41) is 2.89. The summed E-state index contributed by atoms with van der Waals surface area (Å²) < 4.78 is 57.7. The van der Waals surface area contributed by atoms with Crippen molar-refractivity contribution in [1.29, 1.82) is 0 Å². The molecule has 1 aliphatic heterocycles. The fourth-order valence-electron chi connectivity index (χ4n) is 4.54. The van der Waals surface area contributed by atoms with Gasteiger partial charge in [0.2, 0.25) is 15.9 Å². The Kier molecular flexibility index (Phi) is 7.92. The monoisotopic (exact) mass is 508 g/mol. The van der Waals surface area contributed by atoms with Gasteiger partial charge in [-0.25, -0.2) is 16.8 Å². The maximum atomic E-state index is 12.9. The number of hydrogen-bond donors (Lipinski definition) is 2. The van der Waals surface area contributed by atoms with Crippen LogP contribution in [0.4, 0.5) is 5.69 Å². The van der Waals surface area contributed by atoms with E-state index in [1.54, 1.807) is 36.4 Å². The molecule has 0 aromatic heterocycles. The summed E-state index contributed by atoms with van der Waals surface area (Å²) in [4.78, 5) is 13.0.